The van der Waals surface area contributed by atoms with E-state index in [0.717, 1.165) is 5.56 Å². The fourth-order valence-electron chi connectivity index (χ4n) is 1.59. The molecule has 1 heterocycles. The van der Waals surface area contributed by atoms with Crippen LogP contribution in [0.25, 0.3) is 0 Å². The molecule has 1 aromatic heterocycles. The van der Waals surface area contributed by atoms with Gasteiger partial charge in [-0.25, -0.2) is 0 Å². The molecule has 1 N–H and O–H groups in total. The lowest BCUT2D eigenvalue weighted by Crippen LogP contribution is -2.04. The molecule has 2 rings (SSSR count). The number of aromatic amines is 1. The van der Waals surface area contributed by atoms with Crippen molar-refractivity contribution in [3.63, 3.8) is 0 Å². The number of aromatic nitrogens is 1. The first-order valence-corrected chi connectivity index (χ1v) is 4.97. The molecule has 0 radical (unpaired) electrons. The van der Waals surface area contributed by atoms with Crippen LogP contribution in [0.15, 0.2) is 36.4 Å². The van der Waals surface area contributed by atoms with Gasteiger partial charge in [-0.05, 0) is 24.6 Å². The molecule has 0 atom stereocenters. The largest absolute Gasteiger partial charge is 0.350 e. The maximum absolute atomic E-state index is 12.0. The Morgan fingerprint density at radius 3 is 2.56 bits per heavy atom. The van der Waals surface area contributed by atoms with E-state index in [1.165, 1.54) is 0 Å². The monoisotopic (exact) mass is 213 g/mol. The van der Waals surface area contributed by atoms with Gasteiger partial charge in [-0.2, -0.15) is 0 Å². The zero-order valence-corrected chi connectivity index (χ0v) is 8.86. The number of aldehydes is 1. The fraction of sp³-hybridized carbons (Fsp3) is 0.0769. The molecule has 0 saturated heterocycles. The first kappa shape index (κ1) is 10.4. The molecule has 0 bridgehead atoms. The van der Waals surface area contributed by atoms with Crippen molar-refractivity contribution < 1.29 is 9.59 Å². The van der Waals surface area contributed by atoms with Gasteiger partial charge in [-0.3, -0.25) is 9.59 Å². The van der Waals surface area contributed by atoms with E-state index in [0.29, 0.717) is 23.2 Å². The highest BCUT2D eigenvalue weighted by molar-refractivity contribution is 6.09. The normalized spacial score (nSPS) is 10.1. The van der Waals surface area contributed by atoms with Crippen LogP contribution in [-0.2, 0) is 0 Å². The number of hydrogen-bond acceptors (Lipinski definition) is 2. The van der Waals surface area contributed by atoms with E-state index in [4.69, 9.17) is 0 Å². The van der Waals surface area contributed by atoms with Crippen LogP contribution in [0.4, 0.5) is 0 Å². The molecular weight excluding hydrogens is 202 g/mol. The molecule has 0 fully saturated rings. The predicted molar refractivity (Wildman–Crippen MR) is 60.8 cm³/mol. The molecule has 0 spiro atoms. The molecule has 3 nitrogen and oxygen atoms in total. The lowest BCUT2D eigenvalue weighted by molar-refractivity contribution is 0.103. The summed E-state index contributed by atoms with van der Waals surface area (Å²) in [5.41, 5.74) is 2.44. The number of H-pyrrole nitrogens is 1. The van der Waals surface area contributed by atoms with Crippen molar-refractivity contribution in [1.82, 2.24) is 4.98 Å². The van der Waals surface area contributed by atoms with Crippen LogP contribution >= 0.6 is 0 Å². The Hall–Kier alpha value is -2.16. The third kappa shape index (κ3) is 1.80. The van der Waals surface area contributed by atoms with E-state index in [-0.39, 0.29) is 5.78 Å². The molecule has 2 aromatic rings. The first-order chi connectivity index (χ1) is 7.72. The van der Waals surface area contributed by atoms with Gasteiger partial charge in [0.1, 0.15) is 0 Å². The summed E-state index contributed by atoms with van der Waals surface area (Å²) in [5.74, 6) is -0.0915. The van der Waals surface area contributed by atoms with Crippen LogP contribution < -0.4 is 0 Å². The van der Waals surface area contributed by atoms with Gasteiger partial charge in [0.05, 0.1) is 11.4 Å². The molecule has 1 aromatic carbocycles. The summed E-state index contributed by atoms with van der Waals surface area (Å²) in [4.78, 5) is 25.3. The molecule has 0 aliphatic rings. The Morgan fingerprint density at radius 2 is 1.94 bits per heavy atom. The van der Waals surface area contributed by atoms with Gasteiger partial charge in [0.25, 0.3) is 0 Å². The minimum absolute atomic E-state index is 0.0915. The van der Waals surface area contributed by atoms with Gasteiger partial charge in [0.15, 0.2) is 6.29 Å². The average Bonchev–Trinajstić information content (AvgIpc) is 2.77. The fourth-order valence-corrected chi connectivity index (χ4v) is 1.59. The smallest absolute Gasteiger partial charge is 0.209 e. The number of benzene rings is 1. The molecule has 3 heteroatoms. The van der Waals surface area contributed by atoms with Gasteiger partial charge in [0, 0.05) is 5.56 Å². The Labute approximate surface area is 93.1 Å². The van der Waals surface area contributed by atoms with Crippen molar-refractivity contribution >= 4 is 12.1 Å². The summed E-state index contributed by atoms with van der Waals surface area (Å²) < 4.78 is 0. The molecule has 80 valence electrons. The number of carbonyl (C=O) groups is 2. The Kier molecular flexibility index (Phi) is 2.68. The van der Waals surface area contributed by atoms with Gasteiger partial charge >= 0.3 is 0 Å². The maximum atomic E-state index is 12.0. The van der Waals surface area contributed by atoms with Crippen LogP contribution in [0.1, 0.15) is 32.1 Å². The number of aryl methyl sites for hydroxylation is 1. The van der Waals surface area contributed by atoms with Crippen LogP contribution in [0.3, 0.4) is 0 Å². The predicted octanol–water partition coefficient (Wildman–Crippen LogP) is 2.37. The van der Waals surface area contributed by atoms with E-state index in [1.54, 1.807) is 18.2 Å². The summed E-state index contributed by atoms with van der Waals surface area (Å²) in [5, 5.41) is 0. The van der Waals surface area contributed by atoms with Gasteiger partial charge in [0.2, 0.25) is 5.78 Å². The van der Waals surface area contributed by atoms with Crippen LogP contribution in [0.5, 0.6) is 0 Å². The molecule has 0 aliphatic carbocycles. The van der Waals surface area contributed by atoms with Gasteiger partial charge in [-0.15, -0.1) is 0 Å². The second-order valence-corrected chi connectivity index (χ2v) is 3.59. The number of nitrogens with one attached hydrogen (secondary N) is 1. The quantitative estimate of drug-likeness (QED) is 0.628. The highest BCUT2D eigenvalue weighted by atomic mass is 16.1. The highest BCUT2D eigenvalue weighted by Crippen LogP contribution is 2.13. The summed E-state index contributed by atoms with van der Waals surface area (Å²) in [7, 11) is 0. The van der Waals surface area contributed by atoms with E-state index in [9.17, 15) is 9.59 Å². The average molecular weight is 213 g/mol. The first-order valence-electron chi connectivity index (χ1n) is 4.97. The lowest BCUT2D eigenvalue weighted by Gasteiger charge is -2.02. The van der Waals surface area contributed by atoms with E-state index in [2.05, 4.69) is 4.98 Å². The molecule has 0 aliphatic heterocycles. The van der Waals surface area contributed by atoms with Crippen molar-refractivity contribution in [1.29, 1.82) is 0 Å². The summed E-state index contributed by atoms with van der Waals surface area (Å²) in [6.45, 7) is 1.89. The number of carbonyl (C=O) groups excluding carboxylic acids is 2. The minimum Gasteiger partial charge on any atom is -0.350 e. The SMILES string of the molecule is Cc1ccccc1C(=O)c1ccc(C=O)[nH]1. The zero-order chi connectivity index (χ0) is 11.5. The van der Waals surface area contributed by atoms with Crippen LogP contribution in [0, 0.1) is 6.92 Å². The van der Waals surface area contributed by atoms with Crippen molar-refractivity contribution in [2.45, 2.75) is 6.92 Å². The van der Waals surface area contributed by atoms with Crippen molar-refractivity contribution in [3.8, 4) is 0 Å². The van der Waals surface area contributed by atoms with Crippen LogP contribution in [-0.4, -0.2) is 17.1 Å². The highest BCUT2D eigenvalue weighted by Gasteiger charge is 2.12. The third-order valence-electron chi connectivity index (χ3n) is 2.47. The van der Waals surface area contributed by atoms with E-state index >= 15 is 0 Å². The van der Waals surface area contributed by atoms with Crippen LogP contribution in [0.2, 0.25) is 0 Å². The second kappa shape index (κ2) is 4.14. The summed E-state index contributed by atoms with van der Waals surface area (Å²) >= 11 is 0. The molecule has 0 amide bonds. The standard InChI is InChI=1S/C13H11NO2/c1-9-4-2-3-5-11(9)13(16)12-7-6-10(8-15)14-12/h2-8,14H,1H3. The zero-order valence-electron chi connectivity index (χ0n) is 8.86. The van der Waals surface area contributed by atoms with Crippen molar-refractivity contribution in [2.24, 2.45) is 0 Å². The number of rotatable bonds is 3. The van der Waals surface area contributed by atoms with E-state index < -0.39 is 0 Å². The maximum Gasteiger partial charge on any atom is 0.209 e. The minimum atomic E-state index is -0.0915. The topological polar surface area (TPSA) is 49.9 Å². The number of ketones is 1. The van der Waals surface area contributed by atoms with E-state index in [1.807, 2.05) is 25.1 Å². The van der Waals surface area contributed by atoms with Crippen molar-refractivity contribution in [2.75, 3.05) is 0 Å². The Bertz CT molecular complexity index is 540. The summed E-state index contributed by atoms with van der Waals surface area (Å²) in [6.07, 6.45) is 0.689. The second-order valence-electron chi connectivity index (χ2n) is 3.59. The molecule has 0 unspecified atom stereocenters. The lowest BCUT2D eigenvalue weighted by atomic mass is 10.0. The molecular formula is C13H11NO2. The van der Waals surface area contributed by atoms with Gasteiger partial charge < -0.3 is 4.98 Å². The van der Waals surface area contributed by atoms with Crippen molar-refractivity contribution in [3.05, 3.63) is 58.9 Å². The van der Waals surface area contributed by atoms with Gasteiger partial charge in [-0.1, -0.05) is 24.3 Å². The Balaban J connectivity index is 2.39. The third-order valence-corrected chi connectivity index (χ3v) is 2.47. The molecule has 0 saturated carbocycles. The number of hydrogen-bond donors (Lipinski definition) is 1. The summed E-state index contributed by atoms with van der Waals surface area (Å²) in [6, 6.07) is 10.6. The Morgan fingerprint density at radius 1 is 1.19 bits per heavy atom. The molecule has 16 heavy (non-hydrogen) atoms.